The number of allylic oxidation sites excluding steroid dienone is 3. The van der Waals surface area contributed by atoms with Crippen molar-refractivity contribution in [3.63, 3.8) is 0 Å². The third-order valence-electron chi connectivity index (χ3n) is 14.6. The van der Waals surface area contributed by atoms with Crippen molar-refractivity contribution in [1.29, 1.82) is 0 Å². The Labute approximate surface area is 382 Å². The standard InChI is InChI=1S/C55H76N4O5/c1-13-39-35(8)42-28-44-37(10)41(24-25-48(60)64-27-26-34(7)23-17-22-33(6)21-16-20-32(5)19-15-18-31(3)4)52(58-44)50-51(55(62)63-12)54(61)49-38(11)45(59-53(49)50)30-47-40(14-2)36(9)43(57-47)29-46(39)56-42/h13,26,28-33,37,41,51,56-59H,1,14-25,27H2,2-12H3/b34-26-,43-29?,44-28?,47-30?,52-50?/t32-,33-,37-,41-,51+/m0/s1. The van der Waals surface area contributed by atoms with Gasteiger partial charge in [0.05, 0.1) is 12.8 Å². The fourth-order valence-corrected chi connectivity index (χ4v) is 10.4. The number of aromatic amines is 3. The second kappa shape index (κ2) is 21.3. The number of ketones is 1. The molecule has 1 fully saturated rings. The van der Waals surface area contributed by atoms with Gasteiger partial charge in [-0.1, -0.05) is 105 Å². The summed E-state index contributed by atoms with van der Waals surface area (Å²) in [6.45, 7) is 26.4. The Hall–Kier alpha value is -5.05. The third-order valence-corrected chi connectivity index (χ3v) is 14.6. The van der Waals surface area contributed by atoms with E-state index >= 15 is 0 Å². The van der Waals surface area contributed by atoms with E-state index in [-0.39, 0.29) is 36.6 Å². The minimum atomic E-state index is -1.14. The van der Waals surface area contributed by atoms with Crippen LogP contribution in [0.15, 0.2) is 29.6 Å². The highest BCUT2D eigenvalue weighted by Crippen LogP contribution is 2.48. The van der Waals surface area contributed by atoms with Gasteiger partial charge in [0.1, 0.15) is 12.5 Å². The number of H-pyrrole nitrogens is 3. The molecule has 0 saturated carbocycles. The molecule has 346 valence electrons. The quantitative estimate of drug-likeness (QED) is 0.0508. The highest BCUT2D eigenvalue weighted by molar-refractivity contribution is 6.24. The molecular weight excluding hydrogens is 797 g/mol. The van der Waals surface area contributed by atoms with Gasteiger partial charge in [-0.3, -0.25) is 14.4 Å². The lowest BCUT2D eigenvalue weighted by Crippen LogP contribution is -2.25. The van der Waals surface area contributed by atoms with Crippen LogP contribution in [-0.4, -0.2) is 46.4 Å². The summed E-state index contributed by atoms with van der Waals surface area (Å²) in [6, 6.07) is 0. The molecule has 0 radical (unpaired) electrons. The third kappa shape index (κ3) is 10.6. The van der Waals surface area contributed by atoms with Gasteiger partial charge in [0.25, 0.3) is 0 Å². The van der Waals surface area contributed by atoms with Gasteiger partial charge in [-0.05, 0) is 118 Å². The summed E-state index contributed by atoms with van der Waals surface area (Å²) >= 11 is 0. The molecule has 0 unspecified atom stereocenters. The summed E-state index contributed by atoms with van der Waals surface area (Å²) < 4.78 is 11.1. The van der Waals surface area contributed by atoms with Gasteiger partial charge in [0.2, 0.25) is 0 Å². The van der Waals surface area contributed by atoms with Gasteiger partial charge >= 0.3 is 11.9 Å². The van der Waals surface area contributed by atoms with Crippen molar-refractivity contribution >= 4 is 47.6 Å². The van der Waals surface area contributed by atoms with Crippen LogP contribution >= 0.6 is 0 Å². The maximum Gasteiger partial charge on any atom is 0.321 e. The lowest BCUT2D eigenvalue weighted by Gasteiger charge is -2.19. The Balaban J connectivity index is 1.21. The van der Waals surface area contributed by atoms with E-state index in [2.05, 4.69) is 107 Å². The first kappa shape index (κ1) is 48.4. The lowest BCUT2D eigenvalue weighted by atomic mass is 9.85. The van der Waals surface area contributed by atoms with Crippen molar-refractivity contribution < 1.29 is 23.9 Å². The summed E-state index contributed by atoms with van der Waals surface area (Å²) in [4.78, 5) is 52.4. The van der Waals surface area contributed by atoms with E-state index in [1.165, 1.54) is 63.2 Å². The molecule has 9 heteroatoms. The molecular formula is C55H76N4O5. The Morgan fingerprint density at radius 1 is 0.828 bits per heavy atom. The number of esters is 2. The molecule has 5 atom stereocenters. The molecule has 2 aliphatic heterocycles. The molecule has 8 bridgehead atoms. The number of Topliss-reactive ketones (excluding diaryl/α,β-unsaturated/α-hetero) is 1. The van der Waals surface area contributed by atoms with E-state index in [0.29, 0.717) is 23.3 Å². The van der Waals surface area contributed by atoms with Gasteiger partial charge in [0, 0.05) is 74.1 Å². The number of rotatable bonds is 20. The molecule has 3 aromatic rings. The van der Waals surface area contributed by atoms with E-state index in [9.17, 15) is 14.4 Å². The molecule has 0 aromatic carbocycles. The Morgan fingerprint density at radius 3 is 2.14 bits per heavy atom. The molecule has 6 rings (SSSR count). The van der Waals surface area contributed by atoms with Gasteiger partial charge in [0.15, 0.2) is 5.78 Å². The van der Waals surface area contributed by atoms with E-state index < -0.39 is 11.9 Å². The molecule has 1 saturated heterocycles. The first-order valence-electron chi connectivity index (χ1n) is 24.2. The van der Waals surface area contributed by atoms with Crippen LogP contribution in [-0.2, 0) is 25.5 Å². The Bertz CT molecular complexity index is 2450. The summed E-state index contributed by atoms with van der Waals surface area (Å²) in [7, 11) is 1.32. The molecule has 0 amide bonds. The molecule has 5 heterocycles. The van der Waals surface area contributed by atoms with Crippen LogP contribution in [0.4, 0.5) is 0 Å². The van der Waals surface area contributed by atoms with Crippen molar-refractivity contribution in [3.8, 4) is 0 Å². The second-order valence-corrected chi connectivity index (χ2v) is 19.7. The van der Waals surface area contributed by atoms with Gasteiger partial charge < -0.3 is 29.7 Å². The summed E-state index contributed by atoms with van der Waals surface area (Å²) in [6.07, 6.45) is 23.1. The number of methoxy groups -OCH3 is 1. The normalized spacial score (nSPS) is 19.0. The zero-order valence-corrected chi connectivity index (χ0v) is 40.8. The second-order valence-electron chi connectivity index (χ2n) is 19.7. The van der Waals surface area contributed by atoms with Crippen molar-refractivity contribution in [3.05, 3.63) is 96.5 Å². The SMILES string of the molecule is C=Cc1c2[nH]c(c1C)C=C1NC(=C3c4[nH]c(c(C)c4C(=O)[C@@H]3C(=O)OC)C=c3[nH]c(c(C)c3CC)=C2)[C@@H](CCC(=O)OC/C=C(/C)CCC[C@@H](C)CCC[C@@H](C)CCCC(C)C)[C@@H]1C. The summed E-state index contributed by atoms with van der Waals surface area (Å²) in [5.74, 6) is -0.275. The molecule has 3 aromatic heterocycles. The molecule has 1 aliphatic carbocycles. The minimum absolute atomic E-state index is 0.0876. The van der Waals surface area contributed by atoms with E-state index in [1.54, 1.807) is 0 Å². The van der Waals surface area contributed by atoms with Crippen molar-refractivity contribution in [2.45, 2.75) is 146 Å². The minimum Gasteiger partial charge on any atom is -0.468 e. The van der Waals surface area contributed by atoms with Crippen LogP contribution in [0.2, 0.25) is 0 Å². The number of carbonyl (C=O) groups is 3. The fourth-order valence-electron chi connectivity index (χ4n) is 10.4. The number of fused-ring (bicyclic) bond motifs is 7. The Kier molecular flexibility index (Phi) is 16.1. The summed E-state index contributed by atoms with van der Waals surface area (Å²) in [5.41, 5.74) is 12.5. The fraction of sp³-hybridized carbons (Fsp3) is 0.545. The number of nitrogens with one attached hydrogen (secondary N) is 4. The number of ether oxygens (including phenoxy) is 2. The van der Waals surface area contributed by atoms with Crippen molar-refractivity contribution in [2.24, 2.45) is 35.5 Å². The maximum absolute atomic E-state index is 14.4. The van der Waals surface area contributed by atoms with Gasteiger partial charge in [-0.15, -0.1) is 0 Å². The van der Waals surface area contributed by atoms with Crippen molar-refractivity contribution in [2.75, 3.05) is 13.7 Å². The van der Waals surface area contributed by atoms with Gasteiger partial charge in [-0.2, -0.15) is 0 Å². The van der Waals surface area contributed by atoms with Crippen LogP contribution < -0.4 is 16.0 Å². The molecule has 4 N–H and O–H groups in total. The van der Waals surface area contributed by atoms with E-state index in [0.717, 1.165) is 98.4 Å². The first-order valence-corrected chi connectivity index (χ1v) is 24.2. The van der Waals surface area contributed by atoms with Crippen LogP contribution in [0.1, 0.15) is 180 Å². The topological polar surface area (TPSA) is 129 Å². The largest absolute Gasteiger partial charge is 0.468 e. The molecule has 0 spiro atoms. The first-order chi connectivity index (χ1) is 30.6. The zero-order chi connectivity index (χ0) is 46.4. The average molecular weight is 873 g/mol. The molecule has 9 nitrogen and oxygen atoms in total. The maximum atomic E-state index is 14.4. The lowest BCUT2D eigenvalue weighted by molar-refractivity contribution is -0.143. The van der Waals surface area contributed by atoms with Crippen LogP contribution in [0.25, 0.3) is 29.9 Å². The van der Waals surface area contributed by atoms with E-state index in [1.807, 2.05) is 19.1 Å². The zero-order valence-electron chi connectivity index (χ0n) is 40.8. The highest BCUT2D eigenvalue weighted by Gasteiger charge is 2.48. The van der Waals surface area contributed by atoms with Crippen LogP contribution in [0, 0.1) is 56.3 Å². The predicted molar refractivity (Wildman–Crippen MR) is 262 cm³/mol. The van der Waals surface area contributed by atoms with Crippen LogP contribution in [0.3, 0.4) is 0 Å². The molecule has 64 heavy (non-hydrogen) atoms. The summed E-state index contributed by atoms with van der Waals surface area (Å²) in [5, 5.41) is 5.66. The van der Waals surface area contributed by atoms with Gasteiger partial charge in [-0.25, -0.2) is 0 Å². The number of hydrogen-bond donors (Lipinski definition) is 4. The molecule has 3 aliphatic rings. The monoisotopic (exact) mass is 873 g/mol. The van der Waals surface area contributed by atoms with Crippen LogP contribution in [0.5, 0.6) is 0 Å². The van der Waals surface area contributed by atoms with E-state index in [4.69, 9.17) is 9.47 Å². The number of hydrogen-bond acceptors (Lipinski definition) is 6. The highest BCUT2D eigenvalue weighted by atomic mass is 16.5. The van der Waals surface area contributed by atoms with Crippen molar-refractivity contribution in [1.82, 2.24) is 20.3 Å². The number of carbonyl (C=O) groups excluding carboxylic acids is 3. The Morgan fingerprint density at radius 2 is 1.48 bits per heavy atom. The smallest absolute Gasteiger partial charge is 0.321 e. The predicted octanol–water partition coefficient (Wildman–Crippen LogP) is 11.1. The number of aromatic nitrogens is 3. The average Bonchev–Trinajstić information content (AvgIpc) is 3.99.